The van der Waals surface area contributed by atoms with Gasteiger partial charge in [0.25, 0.3) is 0 Å². The van der Waals surface area contributed by atoms with Crippen molar-refractivity contribution in [2.45, 2.75) is 19.0 Å². The fourth-order valence-electron chi connectivity index (χ4n) is 1.52. The summed E-state index contributed by atoms with van der Waals surface area (Å²) in [5.41, 5.74) is 1.12. The highest BCUT2D eigenvalue weighted by Gasteiger charge is 2.09. The van der Waals surface area contributed by atoms with E-state index in [1.54, 1.807) is 24.2 Å². The highest BCUT2D eigenvalue weighted by molar-refractivity contribution is 5.14. The Morgan fingerprint density at radius 1 is 1.44 bits per heavy atom. The van der Waals surface area contributed by atoms with E-state index >= 15 is 0 Å². The van der Waals surface area contributed by atoms with Crippen LogP contribution in [0.4, 0.5) is 0 Å². The molecule has 0 radical (unpaired) electrons. The van der Waals surface area contributed by atoms with Crippen molar-refractivity contribution in [3.05, 3.63) is 48.3 Å². The molecule has 0 aliphatic rings. The number of benzene rings is 1. The lowest BCUT2D eigenvalue weighted by molar-refractivity contribution is 0.0257. The van der Waals surface area contributed by atoms with Crippen LogP contribution >= 0.6 is 0 Å². The monoisotopic (exact) mass is 218 g/mol. The van der Waals surface area contributed by atoms with Crippen molar-refractivity contribution in [3.8, 4) is 0 Å². The summed E-state index contributed by atoms with van der Waals surface area (Å²) in [7, 11) is 1.58. The van der Waals surface area contributed by atoms with E-state index in [4.69, 9.17) is 6.11 Å². The fourth-order valence-corrected chi connectivity index (χ4v) is 1.52. The van der Waals surface area contributed by atoms with E-state index in [0.29, 0.717) is 6.42 Å². The van der Waals surface area contributed by atoms with Gasteiger partial charge in [-0.3, -0.25) is 0 Å². The summed E-state index contributed by atoms with van der Waals surface area (Å²) >= 11 is 0. The summed E-state index contributed by atoms with van der Waals surface area (Å²) in [6.07, 6.45) is 3.10. The molecule has 0 aliphatic heterocycles. The highest BCUT2D eigenvalue weighted by Crippen LogP contribution is 2.14. The third-order valence-corrected chi connectivity index (χ3v) is 2.34. The minimum absolute atomic E-state index is 0.405. The quantitative estimate of drug-likeness (QED) is 0.771. The summed E-state index contributed by atoms with van der Waals surface area (Å²) in [6.45, 7) is 0. The first-order valence-corrected chi connectivity index (χ1v) is 5.16. The van der Waals surface area contributed by atoms with Crippen LogP contribution in [-0.2, 0) is 11.2 Å². The van der Waals surface area contributed by atoms with Gasteiger partial charge in [0.1, 0.15) is 0 Å². The number of aromatic nitrogens is 3. The van der Waals surface area contributed by atoms with Crippen molar-refractivity contribution in [2.24, 2.45) is 0 Å². The fraction of sp³-hybridized carbons (Fsp3) is 0.333. The number of hydrogen-bond acceptors (Lipinski definition) is 3. The van der Waals surface area contributed by atoms with Crippen molar-refractivity contribution < 1.29 is 6.11 Å². The van der Waals surface area contributed by atoms with Crippen LogP contribution in [0.15, 0.2) is 42.7 Å². The van der Waals surface area contributed by atoms with E-state index in [1.807, 2.05) is 30.3 Å². The lowest BCUT2D eigenvalue weighted by atomic mass is 10.1. The van der Waals surface area contributed by atoms with E-state index in [9.17, 15) is 0 Å². The van der Waals surface area contributed by atoms with Gasteiger partial charge in [-0.1, -0.05) is 35.5 Å². The van der Waals surface area contributed by atoms with Crippen LogP contribution in [0.5, 0.6) is 0 Å². The summed E-state index contributed by atoms with van der Waals surface area (Å²) in [5.74, 6) is 0. The molecule has 4 heteroatoms. The van der Waals surface area contributed by atoms with E-state index in [1.165, 1.54) is 0 Å². The average Bonchev–Trinajstić information content (AvgIpc) is 2.85. The SMILES string of the molecule is [2H]C(Cc1ccccc1)[C@H](OC)n1ccnn1. The number of aryl methyl sites for hydroxylation is 1. The Labute approximate surface area is 96.3 Å². The lowest BCUT2D eigenvalue weighted by Crippen LogP contribution is -2.13. The predicted molar refractivity (Wildman–Crippen MR) is 60.8 cm³/mol. The number of methoxy groups -OCH3 is 1. The molecular formula is C12H15N3O. The highest BCUT2D eigenvalue weighted by atomic mass is 16.5. The molecule has 1 aromatic carbocycles. The first kappa shape index (κ1) is 9.54. The molecule has 0 saturated carbocycles. The van der Waals surface area contributed by atoms with Gasteiger partial charge in [0, 0.05) is 14.7 Å². The van der Waals surface area contributed by atoms with Crippen molar-refractivity contribution in [2.75, 3.05) is 7.11 Å². The zero-order valence-electron chi connectivity index (χ0n) is 10.2. The Morgan fingerprint density at radius 2 is 2.25 bits per heavy atom. The Hall–Kier alpha value is -1.68. The van der Waals surface area contributed by atoms with Crippen LogP contribution in [-0.4, -0.2) is 22.1 Å². The van der Waals surface area contributed by atoms with Gasteiger partial charge in [-0.2, -0.15) is 0 Å². The maximum atomic E-state index is 8.13. The van der Waals surface area contributed by atoms with Crippen LogP contribution < -0.4 is 0 Å². The van der Waals surface area contributed by atoms with E-state index in [-0.39, 0.29) is 0 Å². The van der Waals surface area contributed by atoms with Gasteiger partial charge in [-0.05, 0) is 18.4 Å². The van der Waals surface area contributed by atoms with Gasteiger partial charge in [-0.25, -0.2) is 4.68 Å². The van der Waals surface area contributed by atoms with Crippen LogP contribution in [0.3, 0.4) is 0 Å². The molecule has 0 saturated heterocycles. The summed E-state index contributed by atoms with van der Waals surface area (Å²) in [4.78, 5) is 0. The molecule has 84 valence electrons. The minimum Gasteiger partial charge on any atom is -0.360 e. The molecule has 0 bridgehead atoms. The second kappa shape index (κ2) is 5.42. The first-order valence-electron chi connectivity index (χ1n) is 5.74. The molecule has 1 heterocycles. The van der Waals surface area contributed by atoms with Crippen molar-refractivity contribution >= 4 is 0 Å². The van der Waals surface area contributed by atoms with Gasteiger partial charge in [0.05, 0.1) is 6.20 Å². The van der Waals surface area contributed by atoms with Crippen molar-refractivity contribution in [1.29, 1.82) is 0 Å². The molecule has 2 atom stereocenters. The molecule has 4 nitrogen and oxygen atoms in total. The van der Waals surface area contributed by atoms with Gasteiger partial charge >= 0.3 is 0 Å². The zero-order valence-corrected chi connectivity index (χ0v) is 9.15. The van der Waals surface area contributed by atoms with Crippen LogP contribution in [0.2, 0.25) is 0 Å². The van der Waals surface area contributed by atoms with E-state index in [2.05, 4.69) is 10.3 Å². The lowest BCUT2D eigenvalue weighted by Gasteiger charge is -2.14. The standard InChI is InChI=1S/C12H15N3O/c1-16-12(15-10-9-13-14-15)8-7-11-5-3-2-4-6-11/h2-6,9-10,12H,7-8H2,1H3/t12-/m0/s1/i8D/t8?,12-. The third kappa shape index (κ3) is 2.67. The Bertz CT molecular complexity index is 432. The molecule has 0 amide bonds. The largest absolute Gasteiger partial charge is 0.360 e. The second-order valence-corrected chi connectivity index (χ2v) is 3.43. The van der Waals surface area contributed by atoms with E-state index in [0.717, 1.165) is 5.56 Å². The Morgan fingerprint density at radius 3 is 2.88 bits per heavy atom. The maximum Gasteiger partial charge on any atom is 0.151 e. The Balaban J connectivity index is 2.06. The third-order valence-electron chi connectivity index (χ3n) is 2.34. The van der Waals surface area contributed by atoms with Crippen molar-refractivity contribution in [3.63, 3.8) is 0 Å². The predicted octanol–water partition coefficient (Wildman–Crippen LogP) is 2.06. The van der Waals surface area contributed by atoms with Gasteiger partial charge in [0.15, 0.2) is 6.23 Å². The van der Waals surface area contributed by atoms with E-state index < -0.39 is 12.6 Å². The average molecular weight is 218 g/mol. The normalized spacial score (nSPS) is 15.4. The molecule has 1 aromatic heterocycles. The molecule has 1 unspecified atom stereocenters. The minimum atomic E-state index is -0.413. The Kier molecular flexibility index (Phi) is 3.23. The zero-order chi connectivity index (χ0) is 12.1. The molecule has 0 spiro atoms. The smallest absolute Gasteiger partial charge is 0.151 e. The number of nitrogens with zero attached hydrogens (tertiary/aromatic N) is 3. The summed E-state index contributed by atoms with van der Waals surface area (Å²) in [6, 6.07) is 9.93. The molecule has 0 N–H and O–H groups in total. The van der Waals surface area contributed by atoms with Crippen LogP contribution in [0.1, 0.15) is 19.6 Å². The maximum absolute atomic E-state index is 8.13. The van der Waals surface area contributed by atoms with Crippen LogP contribution in [0, 0.1) is 0 Å². The molecule has 0 fully saturated rings. The summed E-state index contributed by atoms with van der Waals surface area (Å²) in [5, 5.41) is 7.60. The number of hydrogen-bond donors (Lipinski definition) is 0. The number of rotatable bonds is 5. The topological polar surface area (TPSA) is 39.9 Å². The molecule has 0 aliphatic carbocycles. The van der Waals surface area contributed by atoms with Gasteiger partial charge < -0.3 is 4.74 Å². The molecule has 16 heavy (non-hydrogen) atoms. The number of ether oxygens (including phenoxy) is 1. The van der Waals surface area contributed by atoms with Gasteiger partial charge in [0.2, 0.25) is 0 Å². The summed E-state index contributed by atoms with van der Waals surface area (Å²) < 4.78 is 15.0. The molecule has 2 aromatic rings. The first-order chi connectivity index (χ1) is 8.31. The molecular weight excluding hydrogens is 202 g/mol. The molecule has 2 rings (SSSR count). The second-order valence-electron chi connectivity index (χ2n) is 3.43. The van der Waals surface area contributed by atoms with Crippen LogP contribution in [0.25, 0.3) is 0 Å². The van der Waals surface area contributed by atoms with Crippen molar-refractivity contribution in [1.82, 2.24) is 15.0 Å². The van der Waals surface area contributed by atoms with Gasteiger partial charge in [-0.15, -0.1) is 5.10 Å².